The Morgan fingerprint density at radius 3 is 2.02 bits per heavy atom. The van der Waals surface area contributed by atoms with Crippen LogP contribution in [-0.4, -0.2) is 77.8 Å². The first-order valence-electron chi connectivity index (χ1n) is 15.6. The number of carbonyl (C=O) groups is 3. The van der Waals surface area contributed by atoms with Gasteiger partial charge in [0.1, 0.15) is 6.04 Å². The fourth-order valence-corrected chi connectivity index (χ4v) is 4.84. The molecule has 1 unspecified atom stereocenters. The summed E-state index contributed by atoms with van der Waals surface area (Å²) in [5.41, 5.74) is 13.3. The highest BCUT2D eigenvalue weighted by Gasteiger charge is 2.30. The highest BCUT2D eigenvalue weighted by Crippen LogP contribution is 2.18. The van der Waals surface area contributed by atoms with Gasteiger partial charge in [0.2, 0.25) is 11.8 Å². The van der Waals surface area contributed by atoms with E-state index in [0.717, 1.165) is 31.5 Å². The van der Waals surface area contributed by atoms with Crippen molar-refractivity contribution in [3.8, 4) is 11.1 Å². The predicted octanol–water partition coefficient (Wildman–Crippen LogP) is 4.99. The van der Waals surface area contributed by atoms with Crippen LogP contribution in [0.15, 0.2) is 97.1 Å². The summed E-state index contributed by atoms with van der Waals surface area (Å²) in [5, 5.41) is 1.90. The number of amides is 3. The fourth-order valence-electron chi connectivity index (χ4n) is 4.84. The summed E-state index contributed by atoms with van der Waals surface area (Å²) in [5.74, 6) is -0.798. The van der Waals surface area contributed by atoms with Crippen LogP contribution in [0.1, 0.15) is 44.2 Å². The maximum atomic E-state index is 13.1. The number of nitrogens with two attached hydrogens (primary N) is 1. The van der Waals surface area contributed by atoms with Crippen LogP contribution in [0.4, 0.5) is 0 Å². The Labute approximate surface area is 268 Å². The Bertz CT molecular complexity index is 1380. The Balaban J connectivity index is 0.000000350. The van der Waals surface area contributed by atoms with Crippen LogP contribution in [0, 0.1) is 6.92 Å². The molecule has 3 aromatic carbocycles. The van der Waals surface area contributed by atoms with E-state index >= 15 is 0 Å². The minimum absolute atomic E-state index is 0.117. The lowest BCUT2D eigenvalue weighted by molar-refractivity contribution is -0.143. The molecule has 0 saturated carbocycles. The Morgan fingerprint density at radius 2 is 1.44 bits per heavy atom. The smallest absolute Gasteiger partial charge is 0.257 e. The van der Waals surface area contributed by atoms with Gasteiger partial charge in [-0.3, -0.25) is 19.8 Å². The van der Waals surface area contributed by atoms with Gasteiger partial charge in [0.05, 0.1) is 6.54 Å². The third-order valence-electron chi connectivity index (χ3n) is 7.62. The number of hydrogen-bond donors (Lipinski definition) is 2. The second kappa shape index (κ2) is 17.3. The molecule has 0 aliphatic carbocycles. The van der Waals surface area contributed by atoms with Gasteiger partial charge in [-0.05, 0) is 62.8 Å². The van der Waals surface area contributed by atoms with Gasteiger partial charge in [-0.1, -0.05) is 96.6 Å². The SMILES string of the molecule is CN(CC(=O)N(C)C(Cc1ccccc1)C(=O)NN1CCCC1)C(=O)/C=C/CC(C)(C)N.Cc1ccc(-c2ccccc2)cc1. The van der Waals surface area contributed by atoms with E-state index in [0.29, 0.717) is 12.8 Å². The van der Waals surface area contributed by atoms with Gasteiger partial charge < -0.3 is 15.5 Å². The third kappa shape index (κ3) is 12.3. The fraction of sp³-hybridized carbons (Fsp3) is 0.378. The molecule has 0 radical (unpaired) electrons. The van der Waals surface area contributed by atoms with Gasteiger partial charge in [-0.15, -0.1) is 0 Å². The van der Waals surface area contributed by atoms with E-state index in [1.807, 2.05) is 55.3 Å². The number of likely N-dealkylation sites (N-methyl/N-ethyl adjacent to an activating group) is 2. The first kappa shape index (κ1) is 35.2. The number of rotatable bonds is 11. The molecule has 8 nitrogen and oxygen atoms in total. The molecular formula is C37H49N5O3. The van der Waals surface area contributed by atoms with Crippen molar-refractivity contribution in [3.63, 3.8) is 0 Å². The lowest BCUT2D eigenvalue weighted by atomic mass is 10.0. The van der Waals surface area contributed by atoms with Crippen LogP contribution in [0.25, 0.3) is 11.1 Å². The molecule has 1 fully saturated rings. The quantitative estimate of drug-likeness (QED) is 0.298. The molecule has 1 aliphatic rings. The molecule has 1 atom stereocenters. The molecule has 45 heavy (non-hydrogen) atoms. The van der Waals surface area contributed by atoms with E-state index in [9.17, 15) is 14.4 Å². The van der Waals surface area contributed by atoms with Crippen molar-refractivity contribution in [2.45, 2.75) is 58.0 Å². The second-order valence-corrected chi connectivity index (χ2v) is 12.4. The van der Waals surface area contributed by atoms with Crippen molar-refractivity contribution in [1.29, 1.82) is 0 Å². The number of hydrogen-bond acceptors (Lipinski definition) is 5. The lowest BCUT2D eigenvalue weighted by Gasteiger charge is -2.30. The number of nitrogens with zero attached hydrogens (tertiary/aromatic N) is 3. The van der Waals surface area contributed by atoms with E-state index < -0.39 is 11.6 Å². The molecule has 240 valence electrons. The average molecular weight is 612 g/mol. The molecular weight excluding hydrogens is 562 g/mol. The molecule has 3 N–H and O–H groups in total. The summed E-state index contributed by atoms with van der Waals surface area (Å²) in [4.78, 5) is 41.1. The van der Waals surface area contributed by atoms with Crippen LogP contribution in [-0.2, 0) is 20.8 Å². The van der Waals surface area contributed by atoms with Crippen LogP contribution < -0.4 is 11.2 Å². The normalized spacial score (nSPS) is 13.9. The van der Waals surface area contributed by atoms with Crippen molar-refractivity contribution < 1.29 is 14.4 Å². The summed E-state index contributed by atoms with van der Waals surface area (Å²) in [7, 11) is 3.19. The van der Waals surface area contributed by atoms with Crippen LogP contribution in [0.2, 0.25) is 0 Å². The number of carbonyl (C=O) groups excluding carboxylic acids is 3. The van der Waals surface area contributed by atoms with Crippen LogP contribution in [0.5, 0.6) is 0 Å². The Kier molecular flexibility index (Phi) is 13.5. The summed E-state index contributed by atoms with van der Waals surface area (Å²) in [6, 6.07) is 28.0. The summed E-state index contributed by atoms with van der Waals surface area (Å²) < 4.78 is 0. The van der Waals surface area contributed by atoms with Crippen molar-refractivity contribution in [2.24, 2.45) is 5.73 Å². The first-order chi connectivity index (χ1) is 21.4. The number of nitrogens with one attached hydrogen (secondary N) is 1. The van der Waals surface area contributed by atoms with E-state index in [-0.39, 0.29) is 24.3 Å². The lowest BCUT2D eigenvalue weighted by Crippen LogP contribution is -2.54. The maximum Gasteiger partial charge on any atom is 0.257 e. The van der Waals surface area contributed by atoms with Gasteiger partial charge in [0.25, 0.3) is 5.91 Å². The molecule has 8 heteroatoms. The maximum absolute atomic E-state index is 13.1. The molecule has 0 bridgehead atoms. The molecule has 0 spiro atoms. The number of aryl methyl sites for hydroxylation is 1. The second-order valence-electron chi connectivity index (χ2n) is 12.4. The molecule has 3 amide bonds. The average Bonchev–Trinajstić information content (AvgIpc) is 3.53. The van der Waals surface area contributed by atoms with E-state index in [1.54, 1.807) is 20.2 Å². The van der Waals surface area contributed by atoms with Gasteiger partial charge in [0, 0.05) is 39.1 Å². The first-order valence-corrected chi connectivity index (χ1v) is 15.6. The summed E-state index contributed by atoms with van der Waals surface area (Å²) >= 11 is 0. The highest BCUT2D eigenvalue weighted by molar-refractivity contribution is 5.93. The highest BCUT2D eigenvalue weighted by atomic mass is 16.2. The summed E-state index contributed by atoms with van der Waals surface area (Å²) in [6.07, 6.45) is 6.18. The minimum atomic E-state index is -0.678. The topological polar surface area (TPSA) is 99.0 Å². The van der Waals surface area contributed by atoms with Crippen LogP contribution >= 0.6 is 0 Å². The number of benzene rings is 3. The van der Waals surface area contributed by atoms with Gasteiger partial charge >= 0.3 is 0 Å². The minimum Gasteiger partial charge on any atom is -0.333 e. The predicted molar refractivity (Wildman–Crippen MR) is 182 cm³/mol. The Hall–Kier alpha value is -4.27. The van der Waals surface area contributed by atoms with Crippen molar-refractivity contribution >= 4 is 17.7 Å². The largest absolute Gasteiger partial charge is 0.333 e. The summed E-state index contributed by atoms with van der Waals surface area (Å²) in [6.45, 7) is 7.37. The van der Waals surface area contributed by atoms with E-state index in [1.165, 1.54) is 32.6 Å². The monoisotopic (exact) mass is 611 g/mol. The molecule has 1 aliphatic heterocycles. The molecule has 3 aromatic rings. The molecule has 1 saturated heterocycles. The zero-order valence-electron chi connectivity index (χ0n) is 27.4. The molecule has 1 heterocycles. The third-order valence-corrected chi connectivity index (χ3v) is 7.62. The van der Waals surface area contributed by atoms with Gasteiger partial charge in [-0.25, -0.2) is 5.01 Å². The zero-order valence-corrected chi connectivity index (χ0v) is 27.4. The number of hydrazine groups is 1. The van der Waals surface area contributed by atoms with Crippen LogP contribution in [0.3, 0.4) is 0 Å². The van der Waals surface area contributed by atoms with E-state index in [4.69, 9.17) is 5.73 Å². The van der Waals surface area contributed by atoms with Gasteiger partial charge in [0.15, 0.2) is 0 Å². The standard InChI is InChI=1S/C24H37N5O3.C13H12/c1-24(2,25)14-10-13-21(30)27(3)18-22(31)28(4)20(17-19-11-6-5-7-12-19)23(32)26-29-15-8-9-16-29;1-11-7-9-13(10-8-11)12-5-3-2-4-6-12/h5-7,10-13,20H,8-9,14-18,25H2,1-4H3,(H,26,32);2-10H,1H3/b13-10+;. The van der Waals surface area contributed by atoms with Crippen molar-refractivity contribution in [2.75, 3.05) is 33.7 Å². The van der Waals surface area contributed by atoms with Gasteiger partial charge in [-0.2, -0.15) is 0 Å². The van der Waals surface area contributed by atoms with E-state index in [2.05, 4.69) is 60.9 Å². The molecule has 4 rings (SSSR count). The zero-order chi connectivity index (χ0) is 32.8. The molecule has 0 aromatic heterocycles. The van der Waals surface area contributed by atoms with Crippen molar-refractivity contribution in [3.05, 3.63) is 108 Å². The Morgan fingerprint density at radius 1 is 0.889 bits per heavy atom. The van der Waals surface area contributed by atoms with Crippen molar-refractivity contribution in [1.82, 2.24) is 20.2 Å².